The number of para-hydroxylation sites is 1. The number of nitrogens with zero attached hydrogens (tertiary/aromatic N) is 2. The molecule has 2 aromatic rings. The van der Waals surface area contributed by atoms with Crippen molar-refractivity contribution in [1.82, 2.24) is 9.47 Å². The Bertz CT molecular complexity index is 734. The van der Waals surface area contributed by atoms with Gasteiger partial charge < -0.3 is 9.67 Å². The van der Waals surface area contributed by atoms with E-state index in [9.17, 15) is 5.11 Å². The largest absolute Gasteiger partial charge is 0.396 e. The number of fused-ring (bicyclic) bond motifs is 5. The minimum absolute atomic E-state index is 0.0808. The van der Waals surface area contributed by atoms with Gasteiger partial charge in [0.2, 0.25) is 0 Å². The van der Waals surface area contributed by atoms with Crippen LogP contribution in [0.2, 0.25) is 0 Å². The van der Waals surface area contributed by atoms with Gasteiger partial charge in [-0.15, -0.1) is 0 Å². The van der Waals surface area contributed by atoms with Gasteiger partial charge in [0.15, 0.2) is 0 Å². The van der Waals surface area contributed by atoms with Gasteiger partial charge >= 0.3 is 0 Å². The van der Waals surface area contributed by atoms with Crippen molar-refractivity contribution in [2.75, 3.05) is 19.7 Å². The van der Waals surface area contributed by atoms with E-state index in [0.29, 0.717) is 0 Å². The van der Waals surface area contributed by atoms with Crippen LogP contribution in [0.15, 0.2) is 24.3 Å². The van der Waals surface area contributed by atoms with Crippen molar-refractivity contribution in [3.63, 3.8) is 0 Å². The Morgan fingerprint density at radius 3 is 2.73 bits per heavy atom. The Morgan fingerprint density at radius 2 is 1.95 bits per heavy atom. The smallest absolute Gasteiger partial charge is 0.0664 e. The molecule has 0 spiro atoms. The lowest BCUT2D eigenvalue weighted by molar-refractivity contribution is -0.0956. The van der Waals surface area contributed by atoms with Gasteiger partial charge in [-0.3, -0.25) is 4.90 Å². The van der Waals surface area contributed by atoms with Crippen LogP contribution in [0.1, 0.15) is 37.9 Å². The van der Waals surface area contributed by atoms with Crippen molar-refractivity contribution in [3.05, 3.63) is 35.5 Å². The van der Waals surface area contributed by atoms with Crippen molar-refractivity contribution in [1.29, 1.82) is 0 Å². The molecule has 2 aliphatic heterocycles. The van der Waals surface area contributed by atoms with Gasteiger partial charge in [-0.25, -0.2) is 0 Å². The Hall–Kier alpha value is -1.32. The molecule has 1 N–H and O–H groups in total. The molecule has 3 heteroatoms. The van der Waals surface area contributed by atoms with E-state index in [1.807, 2.05) is 0 Å². The Labute approximate surface area is 132 Å². The molecule has 0 bridgehead atoms. The molecule has 4 rings (SSSR count). The minimum Gasteiger partial charge on any atom is -0.396 e. The summed E-state index contributed by atoms with van der Waals surface area (Å²) < 4.78 is 2.38. The van der Waals surface area contributed by atoms with E-state index >= 15 is 0 Å². The second-order valence-corrected chi connectivity index (χ2v) is 7.53. The fourth-order valence-corrected chi connectivity index (χ4v) is 5.10. The number of hydrogen-bond donors (Lipinski definition) is 1. The number of benzene rings is 1. The van der Waals surface area contributed by atoms with Crippen LogP contribution in [-0.2, 0) is 19.0 Å². The summed E-state index contributed by atoms with van der Waals surface area (Å²) in [4.78, 5) is 2.62. The van der Waals surface area contributed by atoms with E-state index in [1.165, 1.54) is 28.6 Å². The third kappa shape index (κ3) is 1.53. The normalized spacial score (nSPS) is 32.0. The molecule has 1 fully saturated rings. The summed E-state index contributed by atoms with van der Waals surface area (Å²) >= 11 is 0. The molecule has 2 aliphatic rings. The average molecular weight is 298 g/mol. The van der Waals surface area contributed by atoms with Crippen molar-refractivity contribution in [2.45, 2.75) is 38.6 Å². The van der Waals surface area contributed by atoms with Crippen molar-refractivity contribution < 1.29 is 5.11 Å². The van der Waals surface area contributed by atoms with Crippen LogP contribution in [0, 0.1) is 5.41 Å². The molecule has 1 aromatic carbocycles. The Balaban J connectivity index is 2.05. The topological polar surface area (TPSA) is 28.4 Å². The second kappa shape index (κ2) is 4.59. The highest BCUT2D eigenvalue weighted by Gasteiger charge is 2.55. The molecule has 2 unspecified atom stereocenters. The van der Waals surface area contributed by atoms with E-state index < -0.39 is 0 Å². The molecule has 1 saturated heterocycles. The van der Waals surface area contributed by atoms with E-state index in [0.717, 1.165) is 25.9 Å². The zero-order valence-corrected chi connectivity index (χ0v) is 13.9. The molecule has 0 radical (unpaired) electrons. The molecule has 0 saturated carbocycles. The number of hydrogen-bond acceptors (Lipinski definition) is 2. The summed E-state index contributed by atoms with van der Waals surface area (Å²) in [5, 5.41) is 11.6. The highest BCUT2D eigenvalue weighted by atomic mass is 16.3. The number of piperidine rings is 1. The van der Waals surface area contributed by atoms with E-state index in [2.05, 4.69) is 54.6 Å². The summed E-state index contributed by atoms with van der Waals surface area (Å²) in [7, 11) is 2.20. The molecule has 22 heavy (non-hydrogen) atoms. The van der Waals surface area contributed by atoms with Crippen LogP contribution in [0.4, 0.5) is 0 Å². The van der Waals surface area contributed by atoms with E-state index in [-0.39, 0.29) is 17.6 Å². The SMILES string of the molecule is Cn1c2c(c3ccccc31)CCN1CCCC(C)(CO)C21C. The lowest BCUT2D eigenvalue weighted by Crippen LogP contribution is -2.62. The van der Waals surface area contributed by atoms with Crippen LogP contribution in [0.25, 0.3) is 10.9 Å². The van der Waals surface area contributed by atoms with Crippen LogP contribution < -0.4 is 0 Å². The first-order chi connectivity index (χ1) is 10.5. The van der Waals surface area contributed by atoms with Gasteiger partial charge in [0.1, 0.15) is 0 Å². The van der Waals surface area contributed by atoms with Gasteiger partial charge in [0.25, 0.3) is 0 Å². The number of aliphatic hydroxyl groups excluding tert-OH is 1. The maximum atomic E-state index is 10.2. The molecular formula is C19H26N2O. The van der Waals surface area contributed by atoms with Crippen LogP contribution in [-0.4, -0.2) is 34.3 Å². The third-order valence-electron chi connectivity index (χ3n) is 6.62. The maximum absolute atomic E-state index is 10.2. The first kappa shape index (κ1) is 14.3. The summed E-state index contributed by atoms with van der Waals surface area (Å²) in [5.74, 6) is 0. The molecule has 2 atom stereocenters. The predicted octanol–water partition coefficient (Wildman–Crippen LogP) is 3.04. The zero-order chi connectivity index (χ0) is 15.5. The highest BCUT2D eigenvalue weighted by Crippen LogP contribution is 2.54. The van der Waals surface area contributed by atoms with Gasteiger partial charge in [-0.05, 0) is 44.4 Å². The number of rotatable bonds is 1. The first-order valence-electron chi connectivity index (χ1n) is 8.45. The molecule has 3 heterocycles. The standard InChI is InChI=1S/C19H26N2O/c1-18(13-22)10-6-11-21-12-9-15-14-7-4-5-8-16(14)20(3)17(15)19(18,21)2/h4-5,7-8,22H,6,9-13H2,1-3H3. The number of aryl methyl sites for hydroxylation is 1. The van der Waals surface area contributed by atoms with E-state index in [4.69, 9.17) is 0 Å². The fraction of sp³-hybridized carbons (Fsp3) is 0.579. The van der Waals surface area contributed by atoms with Crippen molar-refractivity contribution >= 4 is 10.9 Å². The zero-order valence-electron chi connectivity index (χ0n) is 13.9. The lowest BCUT2D eigenvalue weighted by Gasteiger charge is -2.58. The maximum Gasteiger partial charge on any atom is 0.0664 e. The van der Waals surface area contributed by atoms with Crippen LogP contribution in [0.5, 0.6) is 0 Å². The Morgan fingerprint density at radius 1 is 1.18 bits per heavy atom. The monoisotopic (exact) mass is 298 g/mol. The van der Waals surface area contributed by atoms with Gasteiger partial charge in [0, 0.05) is 35.6 Å². The summed E-state index contributed by atoms with van der Waals surface area (Å²) in [6.45, 7) is 7.13. The summed E-state index contributed by atoms with van der Waals surface area (Å²) in [6, 6.07) is 8.75. The predicted molar refractivity (Wildman–Crippen MR) is 90.0 cm³/mol. The Kier molecular flexibility index (Phi) is 2.98. The fourth-order valence-electron chi connectivity index (χ4n) is 5.10. The number of aromatic nitrogens is 1. The third-order valence-corrected chi connectivity index (χ3v) is 6.62. The molecular weight excluding hydrogens is 272 g/mol. The highest BCUT2D eigenvalue weighted by molar-refractivity contribution is 5.86. The second-order valence-electron chi connectivity index (χ2n) is 7.53. The lowest BCUT2D eigenvalue weighted by atomic mass is 9.62. The quantitative estimate of drug-likeness (QED) is 0.876. The van der Waals surface area contributed by atoms with Crippen molar-refractivity contribution in [2.24, 2.45) is 12.5 Å². The van der Waals surface area contributed by atoms with E-state index in [1.54, 1.807) is 0 Å². The molecule has 118 valence electrons. The molecule has 0 aliphatic carbocycles. The average Bonchev–Trinajstić information content (AvgIpc) is 2.83. The first-order valence-corrected chi connectivity index (χ1v) is 8.45. The molecule has 1 aromatic heterocycles. The summed E-state index contributed by atoms with van der Waals surface area (Å²) in [5.41, 5.74) is 4.08. The van der Waals surface area contributed by atoms with Crippen LogP contribution in [0.3, 0.4) is 0 Å². The molecule has 3 nitrogen and oxygen atoms in total. The molecule has 0 amide bonds. The number of aliphatic hydroxyl groups is 1. The summed E-state index contributed by atoms with van der Waals surface area (Å²) in [6.07, 6.45) is 3.40. The van der Waals surface area contributed by atoms with Gasteiger partial charge in [0.05, 0.1) is 12.1 Å². The van der Waals surface area contributed by atoms with Gasteiger partial charge in [-0.2, -0.15) is 0 Å². The van der Waals surface area contributed by atoms with Crippen LogP contribution >= 0.6 is 0 Å². The minimum atomic E-state index is -0.0820. The van der Waals surface area contributed by atoms with Gasteiger partial charge in [-0.1, -0.05) is 25.1 Å². The van der Waals surface area contributed by atoms with Crippen molar-refractivity contribution in [3.8, 4) is 0 Å².